The van der Waals surface area contributed by atoms with E-state index >= 15 is 0 Å². The molecule has 5 nitrogen and oxygen atoms in total. The number of likely N-dealkylation sites (tertiary alicyclic amines) is 1. The molecule has 1 saturated heterocycles. The molecular weight excluding hydrogens is 286 g/mol. The summed E-state index contributed by atoms with van der Waals surface area (Å²) in [4.78, 5) is 15.5. The summed E-state index contributed by atoms with van der Waals surface area (Å²) in [5, 5.41) is 3.64. The fourth-order valence-corrected chi connectivity index (χ4v) is 3.33. The predicted molar refractivity (Wildman–Crippen MR) is 99.9 cm³/mol. The van der Waals surface area contributed by atoms with Crippen LogP contribution in [0.5, 0.6) is 0 Å². The Morgan fingerprint density at radius 2 is 2.17 bits per heavy atom. The van der Waals surface area contributed by atoms with E-state index in [4.69, 9.17) is 0 Å². The number of aliphatic imine (C=N–C) groups is 3. The molecule has 1 N–H and O–H groups in total. The van der Waals surface area contributed by atoms with E-state index in [2.05, 4.69) is 46.0 Å². The van der Waals surface area contributed by atoms with Gasteiger partial charge in [-0.1, -0.05) is 20.8 Å². The minimum absolute atomic E-state index is 0.395. The highest BCUT2D eigenvalue weighted by atomic mass is 15.2. The molecule has 0 amide bonds. The Bertz CT molecular complexity index is 444. The first-order valence-electron chi connectivity index (χ1n) is 8.96. The number of piperidine rings is 1. The largest absolute Gasteiger partial charge is 0.360 e. The van der Waals surface area contributed by atoms with Crippen molar-refractivity contribution in [3.8, 4) is 0 Å². The molecule has 0 unspecified atom stereocenters. The summed E-state index contributed by atoms with van der Waals surface area (Å²) in [5.41, 5.74) is 0.412. The molecule has 0 radical (unpaired) electrons. The van der Waals surface area contributed by atoms with Gasteiger partial charge in [-0.15, -0.1) is 0 Å². The quantitative estimate of drug-likeness (QED) is 0.765. The van der Waals surface area contributed by atoms with Gasteiger partial charge >= 0.3 is 0 Å². The van der Waals surface area contributed by atoms with Crippen molar-refractivity contribution in [1.29, 1.82) is 0 Å². The molecule has 0 aliphatic carbocycles. The number of nitrogens with one attached hydrogen (secondary N) is 1. The predicted octanol–water partition coefficient (Wildman–Crippen LogP) is 2.48. The Morgan fingerprint density at radius 3 is 2.83 bits per heavy atom. The van der Waals surface area contributed by atoms with Crippen LogP contribution in [-0.2, 0) is 0 Å². The van der Waals surface area contributed by atoms with E-state index in [9.17, 15) is 0 Å². The Kier molecular flexibility index (Phi) is 6.75. The van der Waals surface area contributed by atoms with Crippen molar-refractivity contribution in [2.24, 2.45) is 32.2 Å². The third-order valence-corrected chi connectivity index (χ3v) is 4.93. The van der Waals surface area contributed by atoms with Crippen LogP contribution in [0, 0.1) is 17.3 Å². The minimum Gasteiger partial charge on any atom is -0.360 e. The highest BCUT2D eigenvalue weighted by Crippen LogP contribution is 2.31. The summed E-state index contributed by atoms with van der Waals surface area (Å²) >= 11 is 0. The number of nitrogens with zero attached hydrogens (tertiary/aromatic N) is 4. The van der Waals surface area contributed by atoms with E-state index in [1.54, 1.807) is 6.34 Å². The molecule has 0 aromatic heterocycles. The lowest BCUT2D eigenvalue weighted by atomic mass is 9.80. The number of rotatable bonds is 6. The maximum Gasteiger partial charge on any atom is 0.112 e. The number of hydrogen-bond acceptors (Lipinski definition) is 5. The zero-order chi connectivity index (χ0) is 16.7. The highest BCUT2D eigenvalue weighted by Gasteiger charge is 2.33. The van der Waals surface area contributed by atoms with Crippen molar-refractivity contribution in [3.63, 3.8) is 0 Å². The van der Waals surface area contributed by atoms with Crippen molar-refractivity contribution < 1.29 is 0 Å². The molecule has 2 aliphatic rings. The molecule has 1 fully saturated rings. The van der Waals surface area contributed by atoms with E-state index < -0.39 is 0 Å². The second kappa shape index (κ2) is 8.57. The first kappa shape index (κ1) is 18.1. The topological polar surface area (TPSA) is 52.4 Å². The molecule has 0 bridgehead atoms. The molecule has 2 heterocycles. The molecule has 0 spiro atoms. The van der Waals surface area contributed by atoms with Crippen LogP contribution in [0.15, 0.2) is 15.0 Å². The molecule has 0 aromatic carbocycles. The zero-order valence-electron chi connectivity index (χ0n) is 15.3. The Hall–Kier alpha value is -1.23. The van der Waals surface area contributed by atoms with E-state index in [0.717, 1.165) is 45.1 Å². The van der Waals surface area contributed by atoms with Crippen LogP contribution in [-0.4, -0.2) is 63.1 Å². The van der Waals surface area contributed by atoms with E-state index in [0.29, 0.717) is 11.3 Å². The zero-order valence-corrected chi connectivity index (χ0v) is 15.3. The summed E-state index contributed by atoms with van der Waals surface area (Å²) in [6.45, 7) is 12.2. The molecule has 23 heavy (non-hydrogen) atoms. The van der Waals surface area contributed by atoms with Crippen LogP contribution in [0.3, 0.4) is 0 Å². The molecule has 2 rings (SSSR count). The SMILES string of the molecule is CN=CC[C@@H]1CN=CN=C1N1CCC(C)(CNCC(C)C)CC1. The summed E-state index contributed by atoms with van der Waals surface area (Å²) in [6, 6.07) is 0. The van der Waals surface area contributed by atoms with Crippen LogP contribution in [0.4, 0.5) is 0 Å². The lowest BCUT2D eigenvalue weighted by molar-refractivity contribution is 0.159. The van der Waals surface area contributed by atoms with Crippen LogP contribution in [0.2, 0.25) is 0 Å². The Balaban J connectivity index is 1.87. The van der Waals surface area contributed by atoms with E-state index in [-0.39, 0.29) is 0 Å². The lowest BCUT2D eigenvalue weighted by Crippen LogP contribution is -2.48. The first-order chi connectivity index (χ1) is 11.0. The average Bonchev–Trinajstić information content (AvgIpc) is 2.53. The van der Waals surface area contributed by atoms with Gasteiger partial charge in [-0.2, -0.15) is 0 Å². The van der Waals surface area contributed by atoms with Crippen LogP contribution in [0.25, 0.3) is 0 Å². The molecule has 1 atom stereocenters. The van der Waals surface area contributed by atoms with Crippen molar-refractivity contribution >= 4 is 18.4 Å². The molecule has 5 heteroatoms. The van der Waals surface area contributed by atoms with Crippen molar-refractivity contribution in [2.45, 2.75) is 40.0 Å². The lowest BCUT2D eigenvalue weighted by Gasteiger charge is -2.42. The summed E-state index contributed by atoms with van der Waals surface area (Å²) in [5.74, 6) is 2.33. The molecule has 0 saturated carbocycles. The Morgan fingerprint density at radius 1 is 1.43 bits per heavy atom. The van der Waals surface area contributed by atoms with Gasteiger partial charge in [0.15, 0.2) is 0 Å². The van der Waals surface area contributed by atoms with Gasteiger partial charge in [-0.3, -0.25) is 4.99 Å². The first-order valence-corrected chi connectivity index (χ1v) is 8.96. The van der Waals surface area contributed by atoms with Gasteiger partial charge in [0.05, 0.1) is 6.54 Å². The van der Waals surface area contributed by atoms with Gasteiger partial charge in [0.2, 0.25) is 0 Å². The molecule has 130 valence electrons. The van der Waals surface area contributed by atoms with Crippen molar-refractivity contribution in [2.75, 3.05) is 39.8 Å². The fourth-order valence-electron chi connectivity index (χ4n) is 3.33. The van der Waals surface area contributed by atoms with Gasteiger partial charge in [0, 0.05) is 32.6 Å². The third-order valence-electron chi connectivity index (χ3n) is 4.93. The fraction of sp³-hybridized carbons (Fsp3) is 0.833. The normalized spacial score (nSPS) is 24.5. The maximum absolute atomic E-state index is 4.59. The van der Waals surface area contributed by atoms with Gasteiger partial charge < -0.3 is 15.2 Å². The second-order valence-electron chi connectivity index (χ2n) is 7.66. The smallest absolute Gasteiger partial charge is 0.112 e. The van der Waals surface area contributed by atoms with Crippen molar-refractivity contribution in [3.05, 3.63) is 0 Å². The van der Waals surface area contributed by atoms with Gasteiger partial charge in [0.25, 0.3) is 0 Å². The summed E-state index contributed by atoms with van der Waals surface area (Å²) in [6.07, 6.45) is 7.11. The molecule has 0 aromatic rings. The van der Waals surface area contributed by atoms with Gasteiger partial charge in [0.1, 0.15) is 12.2 Å². The summed E-state index contributed by atoms with van der Waals surface area (Å²) < 4.78 is 0. The van der Waals surface area contributed by atoms with Gasteiger partial charge in [-0.25, -0.2) is 4.99 Å². The monoisotopic (exact) mass is 319 g/mol. The number of hydrogen-bond donors (Lipinski definition) is 1. The summed E-state index contributed by atoms with van der Waals surface area (Å²) in [7, 11) is 1.83. The standard InChI is InChI=1S/C18H33N5/c1-15(2)11-20-13-18(3)6-9-23(10-7-18)17-16(5-8-19-4)12-21-14-22-17/h8,14-16,20H,5-7,9-13H2,1-4H3/t16-/m1/s1. The third kappa shape index (κ3) is 5.41. The molecule has 2 aliphatic heterocycles. The Labute approximate surface area is 141 Å². The average molecular weight is 319 g/mol. The van der Waals surface area contributed by atoms with Crippen LogP contribution >= 0.6 is 0 Å². The highest BCUT2D eigenvalue weighted by molar-refractivity contribution is 5.93. The van der Waals surface area contributed by atoms with E-state index in [1.807, 2.05) is 13.3 Å². The number of amidine groups is 1. The van der Waals surface area contributed by atoms with E-state index in [1.165, 1.54) is 18.7 Å². The van der Waals surface area contributed by atoms with Gasteiger partial charge in [-0.05, 0) is 43.4 Å². The minimum atomic E-state index is 0.395. The van der Waals surface area contributed by atoms with Crippen LogP contribution in [0.1, 0.15) is 40.0 Å². The molecular formula is C18H33N5. The van der Waals surface area contributed by atoms with Crippen molar-refractivity contribution in [1.82, 2.24) is 10.2 Å². The van der Waals surface area contributed by atoms with Crippen LogP contribution < -0.4 is 5.32 Å². The maximum atomic E-state index is 4.59. The second-order valence-corrected chi connectivity index (χ2v) is 7.66.